The molecule has 2 heterocycles. The fraction of sp³-hybridized carbons (Fsp3) is 0.545. The first-order valence-corrected chi connectivity index (χ1v) is 10.6. The van der Waals surface area contributed by atoms with Gasteiger partial charge in [0, 0.05) is 25.2 Å². The first-order chi connectivity index (χ1) is 14.5. The van der Waals surface area contributed by atoms with Crippen LogP contribution in [0.2, 0.25) is 0 Å². The molecule has 0 spiro atoms. The van der Waals surface area contributed by atoms with Gasteiger partial charge >= 0.3 is 0 Å². The van der Waals surface area contributed by atoms with E-state index < -0.39 is 0 Å². The van der Waals surface area contributed by atoms with Gasteiger partial charge in [0.15, 0.2) is 5.69 Å². The number of aromatic nitrogens is 3. The summed E-state index contributed by atoms with van der Waals surface area (Å²) < 4.78 is 6.87. The van der Waals surface area contributed by atoms with Gasteiger partial charge in [0.1, 0.15) is 5.75 Å². The predicted molar refractivity (Wildman–Crippen MR) is 113 cm³/mol. The Morgan fingerprint density at radius 3 is 2.70 bits per heavy atom. The van der Waals surface area contributed by atoms with Crippen molar-refractivity contribution in [3.05, 3.63) is 41.7 Å². The molecule has 3 rings (SSSR count). The first-order valence-electron chi connectivity index (χ1n) is 10.6. The smallest absolute Gasteiger partial charge is 0.273 e. The number of aryl methyl sites for hydroxylation is 1. The summed E-state index contributed by atoms with van der Waals surface area (Å²) in [6.45, 7) is 5.23. The minimum absolute atomic E-state index is 0.0511. The highest BCUT2D eigenvalue weighted by Gasteiger charge is 2.26. The Hall–Kier alpha value is -2.90. The van der Waals surface area contributed by atoms with E-state index >= 15 is 0 Å². The number of piperidine rings is 1. The maximum absolute atomic E-state index is 12.9. The lowest BCUT2D eigenvalue weighted by molar-refractivity contribution is -0.134. The molecule has 0 radical (unpaired) electrons. The van der Waals surface area contributed by atoms with E-state index in [-0.39, 0.29) is 23.9 Å². The van der Waals surface area contributed by atoms with Crippen molar-refractivity contribution < 1.29 is 14.3 Å². The van der Waals surface area contributed by atoms with Crippen LogP contribution in [0.5, 0.6) is 5.75 Å². The summed E-state index contributed by atoms with van der Waals surface area (Å²) in [5, 5.41) is 10.9. The van der Waals surface area contributed by atoms with Crippen molar-refractivity contribution in [3.63, 3.8) is 0 Å². The van der Waals surface area contributed by atoms with Crippen LogP contribution in [0.4, 0.5) is 0 Å². The van der Waals surface area contributed by atoms with E-state index in [1.807, 2.05) is 43.0 Å². The molecule has 2 amide bonds. The summed E-state index contributed by atoms with van der Waals surface area (Å²) >= 11 is 0. The second-order valence-electron chi connectivity index (χ2n) is 8.05. The third-order valence-corrected chi connectivity index (χ3v) is 5.34. The zero-order valence-corrected chi connectivity index (χ0v) is 18.0. The Morgan fingerprint density at radius 2 is 2.00 bits per heavy atom. The van der Waals surface area contributed by atoms with E-state index in [1.165, 1.54) is 0 Å². The van der Waals surface area contributed by atoms with Crippen molar-refractivity contribution >= 4 is 11.8 Å². The van der Waals surface area contributed by atoms with Crippen LogP contribution in [-0.4, -0.2) is 57.4 Å². The molecule has 1 aromatic carbocycles. The Morgan fingerprint density at radius 1 is 1.23 bits per heavy atom. The maximum atomic E-state index is 12.9. The zero-order valence-electron chi connectivity index (χ0n) is 18.0. The third kappa shape index (κ3) is 5.81. The highest BCUT2D eigenvalue weighted by Crippen LogP contribution is 2.22. The minimum Gasteiger partial charge on any atom is -0.497 e. The summed E-state index contributed by atoms with van der Waals surface area (Å²) in [5.41, 5.74) is 1.31. The van der Waals surface area contributed by atoms with Gasteiger partial charge in [0.25, 0.3) is 5.91 Å². The molecule has 30 heavy (non-hydrogen) atoms. The quantitative estimate of drug-likeness (QED) is 0.718. The van der Waals surface area contributed by atoms with Gasteiger partial charge in [0.05, 0.1) is 19.7 Å². The number of ether oxygens (including phenoxy) is 1. The average Bonchev–Trinajstić information content (AvgIpc) is 3.22. The van der Waals surface area contributed by atoms with Crippen molar-refractivity contribution in [2.75, 3.05) is 13.7 Å². The van der Waals surface area contributed by atoms with Crippen molar-refractivity contribution in [2.24, 2.45) is 0 Å². The SMILES string of the molecule is COc1ccc(CC(=O)N2CCCC[C@H]2CCn2cc(C(=O)NC(C)C)nn2)cc1. The van der Waals surface area contributed by atoms with E-state index in [2.05, 4.69) is 15.6 Å². The molecule has 8 nitrogen and oxygen atoms in total. The van der Waals surface area contributed by atoms with Gasteiger partial charge in [-0.1, -0.05) is 17.3 Å². The van der Waals surface area contributed by atoms with E-state index in [0.29, 0.717) is 18.7 Å². The summed E-state index contributed by atoms with van der Waals surface area (Å²) in [6.07, 6.45) is 6.00. The highest BCUT2D eigenvalue weighted by molar-refractivity contribution is 5.91. The molecular formula is C22H31N5O3. The molecule has 0 bridgehead atoms. The number of hydrogen-bond acceptors (Lipinski definition) is 5. The molecule has 1 atom stereocenters. The van der Waals surface area contributed by atoms with Crippen LogP contribution in [-0.2, 0) is 17.8 Å². The number of rotatable bonds is 8. The van der Waals surface area contributed by atoms with Crippen molar-refractivity contribution in [2.45, 2.75) is 64.6 Å². The maximum Gasteiger partial charge on any atom is 0.273 e. The number of carbonyl (C=O) groups is 2. The van der Waals surface area contributed by atoms with Crippen LogP contribution in [0, 0.1) is 0 Å². The second-order valence-corrected chi connectivity index (χ2v) is 8.05. The van der Waals surface area contributed by atoms with Crippen molar-refractivity contribution in [1.29, 1.82) is 0 Å². The van der Waals surface area contributed by atoms with Gasteiger partial charge in [0.2, 0.25) is 5.91 Å². The largest absolute Gasteiger partial charge is 0.497 e. The van der Waals surface area contributed by atoms with E-state index in [4.69, 9.17) is 4.74 Å². The van der Waals surface area contributed by atoms with Gasteiger partial charge < -0.3 is 15.0 Å². The number of amides is 2. The summed E-state index contributed by atoms with van der Waals surface area (Å²) in [5.74, 6) is 0.724. The number of likely N-dealkylation sites (tertiary alicyclic amines) is 1. The standard InChI is InChI=1S/C22H31N5O3/c1-16(2)23-22(29)20-15-26(25-24-20)13-11-18-6-4-5-12-27(18)21(28)14-17-7-9-19(30-3)10-8-17/h7-10,15-16,18H,4-6,11-14H2,1-3H3,(H,23,29)/t18-/m0/s1. The van der Waals surface area contributed by atoms with E-state index in [0.717, 1.165) is 43.5 Å². The predicted octanol–water partition coefficient (Wildman–Crippen LogP) is 2.44. The highest BCUT2D eigenvalue weighted by atomic mass is 16.5. The number of hydrogen-bond donors (Lipinski definition) is 1. The molecule has 1 aliphatic rings. The van der Waals surface area contributed by atoms with Crippen LogP contribution < -0.4 is 10.1 Å². The molecule has 1 N–H and O–H groups in total. The lowest BCUT2D eigenvalue weighted by Crippen LogP contribution is -2.44. The van der Waals surface area contributed by atoms with Gasteiger partial charge in [-0.15, -0.1) is 5.10 Å². The molecule has 0 saturated carbocycles. The Labute approximate surface area is 177 Å². The van der Waals surface area contributed by atoms with Crippen molar-refractivity contribution in [1.82, 2.24) is 25.2 Å². The molecule has 8 heteroatoms. The van der Waals surface area contributed by atoms with Crippen LogP contribution in [0.25, 0.3) is 0 Å². The van der Waals surface area contributed by atoms with Gasteiger partial charge in [-0.25, -0.2) is 0 Å². The number of carbonyl (C=O) groups excluding carboxylic acids is 2. The molecular weight excluding hydrogens is 382 g/mol. The Bertz CT molecular complexity index is 847. The van der Waals surface area contributed by atoms with Crippen LogP contribution in [0.3, 0.4) is 0 Å². The summed E-state index contributed by atoms with van der Waals surface area (Å²) in [7, 11) is 1.63. The Kier molecular flexibility index (Phi) is 7.43. The number of methoxy groups -OCH3 is 1. The lowest BCUT2D eigenvalue weighted by Gasteiger charge is -2.36. The molecule has 1 saturated heterocycles. The molecule has 1 aliphatic heterocycles. The Balaban J connectivity index is 1.57. The average molecular weight is 414 g/mol. The van der Waals surface area contributed by atoms with Crippen molar-refractivity contribution in [3.8, 4) is 5.75 Å². The first kappa shape index (κ1) is 21.8. The molecule has 1 fully saturated rings. The number of nitrogens with zero attached hydrogens (tertiary/aromatic N) is 4. The van der Waals surface area contributed by atoms with E-state index in [9.17, 15) is 9.59 Å². The lowest BCUT2D eigenvalue weighted by atomic mass is 9.98. The number of benzene rings is 1. The van der Waals surface area contributed by atoms with E-state index in [1.54, 1.807) is 18.0 Å². The fourth-order valence-corrected chi connectivity index (χ4v) is 3.78. The number of nitrogens with one attached hydrogen (secondary N) is 1. The fourth-order valence-electron chi connectivity index (χ4n) is 3.78. The molecule has 2 aromatic rings. The van der Waals surface area contributed by atoms with Gasteiger partial charge in [-0.2, -0.15) is 0 Å². The summed E-state index contributed by atoms with van der Waals surface area (Å²) in [4.78, 5) is 27.0. The second kappa shape index (κ2) is 10.2. The van der Waals surface area contributed by atoms with Gasteiger partial charge in [-0.3, -0.25) is 14.3 Å². The molecule has 1 aromatic heterocycles. The monoisotopic (exact) mass is 413 g/mol. The molecule has 162 valence electrons. The minimum atomic E-state index is -0.217. The normalized spacial score (nSPS) is 16.5. The molecule has 0 unspecified atom stereocenters. The molecule has 0 aliphatic carbocycles. The third-order valence-electron chi connectivity index (χ3n) is 5.34. The topological polar surface area (TPSA) is 89.4 Å². The van der Waals surface area contributed by atoms with Crippen LogP contribution >= 0.6 is 0 Å². The van der Waals surface area contributed by atoms with Gasteiger partial charge in [-0.05, 0) is 57.2 Å². The van der Waals surface area contributed by atoms with Crippen LogP contribution in [0.1, 0.15) is 55.6 Å². The summed E-state index contributed by atoms with van der Waals surface area (Å²) in [6, 6.07) is 7.88. The van der Waals surface area contributed by atoms with Crippen LogP contribution in [0.15, 0.2) is 30.5 Å². The zero-order chi connectivity index (χ0) is 21.5.